The van der Waals surface area contributed by atoms with Crippen LogP contribution in [0.15, 0.2) is 35.3 Å². The average molecular weight is 398 g/mol. The lowest BCUT2D eigenvalue weighted by atomic mass is 9.96. The summed E-state index contributed by atoms with van der Waals surface area (Å²) in [6.07, 6.45) is 1.38. The molecule has 1 aliphatic heterocycles. The first-order valence-corrected chi connectivity index (χ1v) is 9.38. The van der Waals surface area contributed by atoms with Crippen LogP contribution in [-0.2, 0) is 16.0 Å². The molecule has 1 aromatic heterocycles. The second kappa shape index (κ2) is 8.08. The van der Waals surface area contributed by atoms with Gasteiger partial charge in [-0.3, -0.25) is 4.79 Å². The number of carbonyl (C=O) groups is 2. The monoisotopic (exact) mass is 398 g/mol. The number of ether oxygens (including phenoxy) is 1. The molecule has 0 saturated carbocycles. The largest absolute Gasteiger partial charge is 0.465 e. The van der Waals surface area contributed by atoms with Crippen molar-refractivity contribution >= 4 is 29.9 Å². The SMILES string of the molecule is COC(=O)c1ccc(CCN2C=Nc3[nH]c(NC(=O)C(C)(C)C)cc3C2O)cc1. The van der Waals surface area contributed by atoms with Crippen molar-refractivity contribution in [2.75, 3.05) is 19.0 Å². The number of aromatic amines is 1. The second-order valence-electron chi connectivity index (χ2n) is 7.99. The van der Waals surface area contributed by atoms with Gasteiger partial charge >= 0.3 is 5.97 Å². The predicted molar refractivity (Wildman–Crippen MR) is 110 cm³/mol. The van der Waals surface area contributed by atoms with Gasteiger partial charge in [0.05, 0.1) is 19.0 Å². The normalized spacial score (nSPS) is 15.8. The molecule has 0 fully saturated rings. The number of fused-ring (bicyclic) bond motifs is 1. The van der Waals surface area contributed by atoms with Crippen LogP contribution in [0.5, 0.6) is 0 Å². The molecule has 8 heteroatoms. The molecule has 3 N–H and O–H groups in total. The Labute approximate surface area is 169 Å². The molecule has 0 saturated heterocycles. The predicted octanol–water partition coefficient (Wildman–Crippen LogP) is 2.99. The Morgan fingerprint density at radius 1 is 1.28 bits per heavy atom. The summed E-state index contributed by atoms with van der Waals surface area (Å²) < 4.78 is 4.70. The van der Waals surface area contributed by atoms with Crippen LogP contribution in [0.3, 0.4) is 0 Å². The second-order valence-corrected chi connectivity index (χ2v) is 7.99. The van der Waals surface area contributed by atoms with Gasteiger partial charge in [0.15, 0.2) is 6.23 Å². The molecule has 0 spiro atoms. The van der Waals surface area contributed by atoms with Gasteiger partial charge in [-0.05, 0) is 30.2 Å². The highest BCUT2D eigenvalue weighted by atomic mass is 16.5. The number of hydrogen-bond acceptors (Lipinski definition) is 6. The summed E-state index contributed by atoms with van der Waals surface area (Å²) in [4.78, 5) is 32.8. The van der Waals surface area contributed by atoms with Crippen molar-refractivity contribution in [1.29, 1.82) is 0 Å². The van der Waals surface area contributed by atoms with Crippen LogP contribution < -0.4 is 5.32 Å². The molecule has 1 atom stereocenters. The lowest BCUT2D eigenvalue weighted by molar-refractivity contribution is -0.123. The number of aliphatic hydroxyl groups excluding tert-OH is 1. The number of rotatable bonds is 5. The van der Waals surface area contributed by atoms with E-state index in [2.05, 4.69) is 15.3 Å². The van der Waals surface area contributed by atoms with E-state index in [9.17, 15) is 14.7 Å². The summed E-state index contributed by atoms with van der Waals surface area (Å²) in [5, 5.41) is 13.5. The number of aliphatic hydroxyl groups is 1. The zero-order chi connectivity index (χ0) is 21.2. The molecular weight excluding hydrogens is 372 g/mol. The summed E-state index contributed by atoms with van der Waals surface area (Å²) in [5.74, 6) is 0.540. The lowest BCUT2D eigenvalue weighted by Crippen LogP contribution is -2.31. The average Bonchev–Trinajstić information content (AvgIpc) is 3.10. The fourth-order valence-corrected chi connectivity index (χ4v) is 2.88. The number of nitrogens with one attached hydrogen (secondary N) is 2. The van der Waals surface area contributed by atoms with Crippen molar-refractivity contribution in [3.05, 3.63) is 47.0 Å². The molecule has 0 bridgehead atoms. The molecule has 2 aromatic rings. The van der Waals surface area contributed by atoms with Gasteiger partial charge in [0.1, 0.15) is 11.6 Å². The highest BCUT2D eigenvalue weighted by molar-refractivity contribution is 5.94. The van der Waals surface area contributed by atoms with E-state index in [1.54, 1.807) is 29.4 Å². The summed E-state index contributed by atoms with van der Waals surface area (Å²) in [6.45, 7) is 6.03. The zero-order valence-electron chi connectivity index (χ0n) is 17.0. The molecule has 1 amide bonds. The van der Waals surface area contributed by atoms with Gasteiger partial charge in [0, 0.05) is 17.5 Å². The maximum absolute atomic E-state index is 12.2. The molecule has 154 valence electrons. The quantitative estimate of drug-likeness (QED) is 0.671. The lowest BCUT2D eigenvalue weighted by Gasteiger charge is -2.28. The minimum absolute atomic E-state index is 0.123. The summed E-state index contributed by atoms with van der Waals surface area (Å²) in [6, 6.07) is 8.87. The third-order valence-corrected chi connectivity index (χ3v) is 4.72. The Balaban J connectivity index is 1.63. The van der Waals surface area contributed by atoms with Crippen molar-refractivity contribution in [3.8, 4) is 0 Å². The third kappa shape index (κ3) is 4.65. The Hall–Kier alpha value is -3.13. The van der Waals surface area contributed by atoms with Crippen LogP contribution in [0.2, 0.25) is 0 Å². The number of anilines is 1. The highest BCUT2D eigenvalue weighted by Crippen LogP contribution is 2.33. The van der Waals surface area contributed by atoms with Gasteiger partial charge in [0.25, 0.3) is 0 Å². The molecule has 0 radical (unpaired) electrons. The number of hydrogen-bond donors (Lipinski definition) is 3. The van der Waals surface area contributed by atoms with E-state index < -0.39 is 11.6 Å². The van der Waals surface area contributed by atoms with E-state index in [4.69, 9.17) is 4.74 Å². The molecule has 1 aliphatic rings. The summed E-state index contributed by atoms with van der Waals surface area (Å²) >= 11 is 0. The Bertz CT molecular complexity index is 925. The number of aliphatic imine (C=N–C) groups is 1. The highest BCUT2D eigenvalue weighted by Gasteiger charge is 2.27. The van der Waals surface area contributed by atoms with Crippen molar-refractivity contribution in [2.45, 2.75) is 33.4 Å². The van der Waals surface area contributed by atoms with Crippen LogP contribution in [0, 0.1) is 5.41 Å². The Morgan fingerprint density at radius 3 is 2.59 bits per heavy atom. The Morgan fingerprint density at radius 2 is 1.97 bits per heavy atom. The zero-order valence-corrected chi connectivity index (χ0v) is 17.0. The fourth-order valence-electron chi connectivity index (χ4n) is 2.88. The van der Waals surface area contributed by atoms with E-state index in [-0.39, 0.29) is 11.9 Å². The first-order chi connectivity index (χ1) is 13.7. The molecule has 2 heterocycles. The molecule has 1 aromatic carbocycles. The summed E-state index contributed by atoms with van der Waals surface area (Å²) in [5.41, 5.74) is 1.61. The number of carbonyl (C=O) groups excluding carboxylic acids is 2. The number of methoxy groups -OCH3 is 1. The standard InChI is InChI=1S/C21H26N4O4/c1-21(2,3)20(28)24-16-11-15-17(23-16)22-12-25(18(15)26)10-9-13-5-7-14(8-6-13)19(27)29-4/h5-8,11-12,18,23,26H,9-10H2,1-4H3,(H,24,28). The maximum atomic E-state index is 12.2. The number of nitrogens with zero attached hydrogens (tertiary/aromatic N) is 2. The van der Waals surface area contributed by atoms with E-state index in [0.717, 1.165) is 5.56 Å². The number of esters is 1. The van der Waals surface area contributed by atoms with Gasteiger partial charge in [-0.15, -0.1) is 0 Å². The maximum Gasteiger partial charge on any atom is 0.337 e. The van der Waals surface area contributed by atoms with E-state index in [1.165, 1.54) is 7.11 Å². The van der Waals surface area contributed by atoms with Crippen LogP contribution >= 0.6 is 0 Å². The van der Waals surface area contributed by atoms with Crippen molar-refractivity contribution in [3.63, 3.8) is 0 Å². The van der Waals surface area contributed by atoms with Crippen LogP contribution in [0.4, 0.5) is 11.6 Å². The smallest absolute Gasteiger partial charge is 0.337 e. The van der Waals surface area contributed by atoms with Crippen molar-refractivity contribution in [1.82, 2.24) is 9.88 Å². The van der Waals surface area contributed by atoms with Gasteiger partial charge in [-0.1, -0.05) is 32.9 Å². The molecule has 8 nitrogen and oxygen atoms in total. The van der Waals surface area contributed by atoms with Crippen molar-refractivity contribution in [2.24, 2.45) is 10.4 Å². The number of benzene rings is 1. The van der Waals surface area contributed by atoms with Crippen LogP contribution in [0.1, 0.15) is 48.5 Å². The fraction of sp³-hybridized carbons (Fsp3) is 0.381. The molecule has 1 unspecified atom stereocenters. The molecule has 0 aliphatic carbocycles. The molecule has 29 heavy (non-hydrogen) atoms. The minimum Gasteiger partial charge on any atom is -0.465 e. The number of amides is 1. The Kier molecular flexibility index (Phi) is 5.74. The topological polar surface area (TPSA) is 107 Å². The van der Waals surface area contributed by atoms with Gasteiger partial charge in [0.2, 0.25) is 5.91 Å². The third-order valence-electron chi connectivity index (χ3n) is 4.72. The molecular formula is C21H26N4O4. The number of H-pyrrole nitrogens is 1. The molecule has 3 rings (SSSR count). The minimum atomic E-state index is -0.867. The van der Waals surface area contributed by atoms with E-state index >= 15 is 0 Å². The van der Waals surface area contributed by atoms with Gasteiger partial charge < -0.3 is 25.0 Å². The van der Waals surface area contributed by atoms with Crippen molar-refractivity contribution < 1.29 is 19.4 Å². The first-order valence-electron chi connectivity index (χ1n) is 9.38. The first kappa shape index (κ1) is 20.6. The van der Waals surface area contributed by atoms with Crippen LogP contribution in [0.25, 0.3) is 0 Å². The van der Waals surface area contributed by atoms with Gasteiger partial charge in [-0.25, -0.2) is 9.79 Å². The number of aromatic nitrogens is 1. The summed E-state index contributed by atoms with van der Waals surface area (Å²) in [7, 11) is 1.35. The van der Waals surface area contributed by atoms with E-state index in [1.807, 2.05) is 32.9 Å². The van der Waals surface area contributed by atoms with Gasteiger partial charge in [-0.2, -0.15) is 0 Å². The van der Waals surface area contributed by atoms with E-state index in [0.29, 0.717) is 35.7 Å². The van der Waals surface area contributed by atoms with Crippen LogP contribution in [-0.4, -0.2) is 46.9 Å².